The largest absolute Gasteiger partial charge is 0.481 e. The van der Waals surface area contributed by atoms with Gasteiger partial charge in [0.25, 0.3) is 0 Å². The Hall–Kier alpha value is -4.19. The number of nitrogens with zero attached hydrogens (tertiary/aromatic N) is 2. The highest BCUT2D eigenvalue weighted by molar-refractivity contribution is 6.01. The molecule has 1 aromatic heterocycles. The van der Waals surface area contributed by atoms with Crippen LogP contribution in [0.1, 0.15) is 34.2 Å². The molecule has 0 radical (unpaired) electrons. The lowest BCUT2D eigenvalue weighted by Gasteiger charge is -2.14. The molecule has 0 saturated heterocycles. The zero-order valence-corrected chi connectivity index (χ0v) is 18.7. The fourth-order valence-corrected chi connectivity index (χ4v) is 3.51. The normalized spacial score (nSPS) is 11.6. The molecule has 1 atom stereocenters. The van der Waals surface area contributed by atoms with Gasteiger partial charge in [0, 0.05) is 22.6 Å². The van der Waals surface area contributed by atoms with Crippen LogP contribution in [0.3, 0.4) is 0 Å². The summed E-state index contributed by atoms with van der Waals surface area (Å²) < 4.78 is 41.5. The number of rotatable bonds is 9. The lowest BCUT2D eigenvalue weighted by atomic mass is 10.1. The van der Waals surface area contributed by atoms with Gasteiger partial charge in [0.15, 0.2) is 12.7 Å². The van der Waals surface area contributed by atoms with Crippen molar-refractivity contribution < 1.29 is 32.6 Å². The molecule has 1 unspecified atom stereocenters. The zero-order valence-electron chi connectivity index (χ0n) is 18.7. The van der Waals surface area contributed by atoms with E-state index in [0.717, 1.165) is 5.69 Å². The second kappa shape index (κ2) is 10.6. The first-order valence-electron chi connectivity index (χ1n) is 10.3. The van der Waals surface area contributed by atoms with E-state index in [1.165, 1.54) is 19.1 Å². The number of nitriles is 1. The van der Waals surface area contributed by atoms with Gasteiger partial charge in [0.2, 0.25) is 5.78 Å². The summed E-state index contributed by atoms with van der Waals surface area (Å²) in [5.74, 6) is -0.882. The first-order valence-corrected chi connectivity index (χ1v) is 10.3. The van der Waals surface area contributed by atoms with Crippen molar-refractivity contribution in [2.45, 2.75) is 33.5 Å². The Morgan fingerprint density at radius 1 is 1.09 bits per heavy atom. The Kier molecular flexibility index (Phi) is 7.64. The van der Waals surface area contributed by atoms with Gasteiger partial charge < -0.3 is 18.8 Å². The van der Waals surface area contributed by atoms with E-state index >= 15 is 0 Å². The summed E-state index contributed by atoms with van der Waals surface area (Å²) in [6, 6.07) is 16.1. The molecule has 0 aliphatic rings. The molecule has 176 valence electrons. The number of ether oxygens (including phenoxy) is 3. The van der Waals surface area contributed by atoms with E-state index in [9.17, 15) is 18.4 Å². The van der Waals surface area contributed by atoms with Gasteiger partial charge in [-0.2, -0.15) is 14.0 Å². The topological polar surface area (TPSA) is 90.6 Å². The maximum Gasteiger partial charge on any atom is 0.387 e. The van der Waals surface area contributed by atoms with Gasteiger partial charge in [-0.05, 0) is 63.2 Å². The highest BCUT2D eigenvalue weighted by Crippen LogP contribution is 2.25. The second-order valence-electron chi connectivity index (χ2n) is 7.39. The van der Waals surface area contributed by atoms with Crippen LogP contribution in [-0.2, 0) is 9.53 Å². The molecule has 1 heterocycles. The number of ketones is 1. The molecule has 0 saturated carbocycles. The molecular formula is C25H22F2N2O5. The summed E-state index contributed by atoms with van der Waals surface area (Å²) >= 11 is 0. The van der Waals surface area contributed by atoms with Crippen LogP contribution in [0, 0.1) is 25.2 Å². The van der Waals surface area contributed by atoms with Crippen molar-refractivity contribution in [3.63, 3.8) is 0 Å². The van der Waals surface area contributed by atoms with Gasteiger partial charge in [-0.1, -0.05) is 12.1 Å². The van der Waals surface area contributed by atoms with E-state index in [2.05, 4.69) is 4.74 Å². The van der Waals surface area contributed by atoms with Crippen molar-refractivity contribution in [2.24, 2.45) is 0 Å². The average Bonchev–Trinajstić information content (AvgIpc) is 3.11. The lowest BCUT2D eigenvalue weighted by molar-refractivity contribution is -0.148. The van der Waals surface area contributed by atoms with Crippen molar-refractivity contribution >= 4 is 11.8 Å². The van der Waals surface area contributed by atoms with E-state index in [1.807, 2.05) is 6.07 Å². The third kappa shape index (κ3) is 5.59. The average molecular weight is 468 g/mol. The minimum absolute atomic E-state index is 0.0256. The van der Waals surface area contributed by atoms with Crippen molar-refractivity contribution in [1.82, 2.24) is 4.57 Å². The van der Waals surface area contributed by atoms with Crippen molar-refractivity contribution in [3.05, 3.63) is 77.1 Å². The number of aryl methyl sites for hydroxylation is 1. The highest BCUT2D eigenvalue weighted by Gasteiger charge is 2.24. The molecule has 0 bridgehead atoms. The summed E-state index contributed by atoms with van der Waals surface area (Å²) in [4.78, 5) is 25.2. The standard InChI is InChI=1S/C25H22F2N2O5/c1-15-12-21(16(2)29(15)19-8-10-20(11-9-19)34-25(26)27)24(31)17(3)33-23(30)14-32-22-7-5-4-6-18(22)13-28/h4-12,17,25H,14H2,1-3H3. The molecule has 3 aromatic rings. The van der Waals surface area contributed by atoms with E-state index < -0.39 is 31.1 Å². The number of carbonyl (C=O) groups is 2. The number of aromatic nitrogens is 1. The molecule has 0 aliphatic heterocycles. The van der Waals surface area contributed by atoms with Gasteiger partial charge in [-0.15, -0.1) is 0 Å². The minimum Gasteiger partial charge on any atom is -0.481 e. The SMILES string of the molecule is Cc1cc(C(=O)C(C)OC(=O)COc2ccccc2C#N)c(C)n1-c1ccc(OC(F)F)cc1. The second-order valence-corrected chi connectivity index (χ2v) is 7.39. The smallest absolute Gasteiger partial charge is 0.387 e. The van der Waals surface area contributed by atoms with E-state index in [4.69, 9.17) is 14.7 Å². The molecule has 2 aromatic carbocycles. The fourth-order valence-electron chi connectivity index (χ4n) is 3.51. The van der Waals surface area contributed by atoms with Gasteiger partial charge >= 0.3 is 12.6 Å². The van der Waals surface area contributed by atoms with Crippen LogP contribution in [0.5, 0.6) is 11.5 Å². The number of hydrogen-bond acceptors (Lipinski definition) is 6. The van der Waals surface area contributed by atoms with Crippen LogP contribution in [0.2, 0.25) is 0 Å². The summed E-state index contributed by atoms with van der Waals surface area (Å²) in [5.41, 5.74) is 2.64. The van der Waals surface area contributed by atoms with E-state index in [-0.39, 0.29) is 17.1 Å². The Morgan fingerprint density at radius 2 is 1.76 bits per heavy atom. The number of hydrogen-bond donors (Lipinski definition) is 0. The number of esters is 1. The summed E-state index contributed by atoms with van der Waals surface area (Å²) in [6.45, 7) is 1.62. The predicted octanol–water partition coefficient (Wildman–Crippen LogP) is 4.76. The maximum atomic E-state index is 13.0. The summed E-state index contributed by atoms with van der Waals surface area (Å²) in [6.07, 6.45) is -1.07. The fraction of sp³-hybridized carbons (Fsp3) is 0.240. The highest BCUT2D eigenvalue weighted by atomic mass is 19.3. The minimum atomic E-state index is -2.92. The molecule has 0 N–H and O–H groups in total. The van der Waals surface area contributed by atoms with Crippen molar-refractivity contribution in [1.29, 1.82) is 5.26 Å². The molecule has 0 amide bonds. The van der Waals surface area contributed by atoms with Crippen LogP contribution < -0.4 is 9.47 Å². The quantitative estimate of drug-likeness (QED) is 0.332. The van der Waals surface area contributed by atoms with Gasteiger partial charge in [0.05, 0.1) is 5.56 Å². The van der Waals surface area contributed by atoms with Gasteiger partial charge in [-0.3, -0.25) is 4.79 Å². The molecule has 0 spiro atoms. The third-order valence-corrected chi connectivity index (χ3v) is 5.05. The Bertz CT molecular complexity index is 1230. The lowest BCUT2D eigenvalue weighted by Crippen LogP contribution is -2.27. The van der Waals surface area contributed by atoms with Crippen LogP contribution in [0.25, 0.3) is 5.69 Å². The first kappa shape index (κ1) is 24.5. The Balaban J connectivity index is 1.68. The van der Waals surface area contributed by atoms with Crippen molar-refractivity contribution in [2.75, 3.05) is 6.61 Å². The van der Waals surface area contributed by atoms with Crippen LogP contribution >= 0.6 is 0 Å². The number of Topliss-reactive ketones (excluding diaryl/α,β-unsaturated/α-hetero) is 1. The number of halogens is 2. The van der Waals surface area contributed by atoms with Crippen LogP contribution in [-0.4, -0.2) is 35.6 Å². The molecule has 9 heteroatoms. The molecule has 0 fully saturated rings. The Labute approximate surface area is 195 Å². The Morgan fingerprint density at radius 3 is 2.41 bits per heavy atom. The number of benzene rings is 2. The monoisotopic (exact) mass is 468 g/mol. The van der Waals surface area contributed by atoms with Crippen LogP contribution in [0.15, 0.2) is 54.6 Å². The third-order valence-electron chi connectivity index (χ3n) is 5.05. The molecule has 3 rings (SSSR count). The van der Waals surface area contributed by atoms with Crippen molar-refractivity contribution in [3.8, 4) is 23.3 Å². The zero-order chi connectivity index (χ0) is 24.8. The molecule has 34 heavy (non-hydrogen) atoms. The van der Waals surface area contributed by atoms with Gasteiger partial charge in [-0.25, -0.2) is 4.79 Å². The molecule has 0 aliphatic carbocycles. The summed E-state index contributed by atoms with van der Waals surface area (Å²) in [7, 11) is 0. The number of para-hydroxylation sites is 1. The molecule has 7 nitrogen and oxygen atoms in total. The van der Waals surface area contributed by atoms with E-state index in [0.29, 0.717) is 16.9 Å². The summed E-state index contributed by atoms with van der Waals surface area (Å²) in [5, 5.41) is 9.08. The predicted molar refractivity (Wildman–Crippen MR) is 118 cm³/mol. The van der Waals surface area contributed by atoms with E-state index in [1.54, 1.807) is 60.9 Å². The maximum absolute atomic E-state index is 13.0. The number of carbonyl (C=O) groups excluding carboxylic acids is 2. The number of alkyl halides is 2. The first-order chi connectivity index (χ1) is 16.2. The van der Waals surface area contributed by atoms with Gasteiger partial charge in [0.1, 0.15) is 17.6 Å². The molecular weight excluding hydrogens is 446 g/mol. The van der Waals surface area contributed by atoms with Crippen LogP contribution in [0.4, 0.5) is 8.78 Å².